The average Bonchev–Trinajstić information content (AvgIpc) is 2.32. The average molecular weight is 264 g/mol. The Morgan fingerprint density at radius 1 is 1.26 bits per heavy atom. The molecule has 19 heavy (non-hydrogen) atoms. The maximum absolute atomic E-state index is 13.0. The minimum absolute atomic E-state index is 0.0476. The van der Waals surface area contributed by atoms with Crippen LogP contribution in [0.1, 0.15) is 58.8 Å². The van der Waals surface area contributed by atoms with E-state index in [2.05, 4.69) is 13.8 Å². The van der Waals surface area contributed by atoms with Crippen LogP contribution in [0, 0.1) is 28.6 Å². The SMILES string of the molecule is COCCC(C)C(=O)C12CC3CC(CC(C)(C3)C1)C2. The monoisotopic (exact) mass is 264 g/mol. The second-order valence-electron chi connectivity index (χ2n) is 8.10. The van der Waals surface area contributed by atoms with Gasteiger partial charge in [0.15, 0.2) is 0 Å². The number of ether oxygens (including phenoxy) is 1. The molecule has 4 aliphatic carbocycles. The van der Waals surface area contributed by atoms with Crippen molar-refractivity contribution in [1.29, 1.82) is 0 Å². The molecule has 0 saturated heterocycles. The zero-order valence-corrected chi connectivity index (χ0v) is 12.7. The lowest BCUT2D eigenvalue weighted by molar-refractivity contribution is -0.157. The molecule has 3 unspecified atom stereocenters. The van der Waals surface area contributed by atoms with Crippen molar-refractivity contribution in [3.8, 4) is 0 Å². The van der Waals surface area contributed by atoms with Gasteiger partial charge in [-0.05, 0) is 62.2 Å². The van der Waals surface area contributed by atoms with Crippen LogP contribution in [0.3, 0.4) is 0 Å². The van der Waals surface area contributed by atoms with Crippen molar-refractivity contribution in [2.45, 2.75) is 58.8 Å². The number of rotatable bonds is 5. The molecule has 0 aromatic carbocycles. The van der Waals surface area contributed by atoms with E-state index >= 15 is 0 Å². The molecule has 0 radical (unpaired) electrons. The van der Waals surface area contributed by atoms with Crippen LogP contribution in [0.4, 0.5) is 0 Å². The minimum atomic E-state index is 0.0476. The summed E-state index contributed by atoms with van der Waals surface area (Å²) in [6.07, 6.45) is 8.60. The zero-order chi connectivity index (χ0) is 13.7. The molecule has 4 bridgehead atoms. The first kappa shape index (κ1) is 13.6. The molecule has 108 valence electrons. The molecule has 0 spiro atoms. The molecule has 4 aliphatic rings. The summed E-state index contributed by atoms with van der Waals surface area (Å²) in [5.41, 5.74) is 0.521. The van der Waals surface area contributed by atoms with E-state index in [1.54, 1.807) is 7.11 Å². The van der Waals surface area contributed by atoms with Crippen molar-refractivity contribution >= 4 is 5.78 Å². The molecule has 3 atom stereocenters. The number of hydrogen-bond acceptors (Lipinski definition) is 2. The van der Waals surface area contributed by atoms with Gasteiger partial charge in [-0.25, -0.2) is 0 Å². The molecular formula is C17H28O2. The highest BCUT2D eigenvalue weighted by atomic mass is 16.5. The summed E-state index contributed by atoms with van der Waals surface area (Å²) in [6, 6.07) is 0. The molecule has 2 nitrogen and oxygen atoms in total. The summed E-state index contributed by atoms with van der Waals surface area (Å²) in [5.74, 6) is 2.42. The summed E-state index contributed by atoms with van der Waals surface area (Å²) >= 11 is 0. The molecule has 0 amide bonds. The predicted octanol–water partition coefficient (Wildman–Crippen LogP) is 3.83. The van der Waals surface area contributed by atoms with Crippen molar-refractivity contribution in [3.63, 3.8) is 0 Å². The molecule has 0 heterocycles. The fraction of sp³-hybridized carbons (Fsp3) is 0.941. The standard InChI is InChI=1S/C17H28O2/c1-12(4-5-19-3)15(18)17-9-13-6-14(10-17)8-16(2,7-13)11-17/h12-14H,4-11H2,1-3H3. The minimum Gasteiger partial charge on any atom is -0.385 e. The van der Waals surface area contributed by atoms with Gasteiger partial charge in [-0.3, -0.25) is 4.79 Å². The van der Waals surface area contributed by atoms with Gasteiger partial charge in [0.05, 0.1) is 0 Å². The third-order valence-corrected chi connectivity index (χ3v) is 6.08. The number of hydrogen-bond donors (Lipinski definition) is 0. The highest BCUT2D eigenvalue weighted by molar-refractivity contribution is 5.87. The van der Waals surface area contributed by atoms with Crippen molar-refractivity contribution in [1.82, 2.24) is 0 Å². The van der Waals surface area contributed by atoms with Crippen LogP contribution < -0.4 is 0 Å². The largest absolute Gasteiger partial charge is 0.385 e. The van der Waals surface area contributed by atoms with Gasteiger partial charge in [-0.15, -0.1) is 0 Å². The first-order valence-corrected chi connectivity index (χ1v) is 8.00. The highest BCUT2D eigenvalue weighted by Crippen LogP contribution is 2.65. The van der Waals surface area contributed by atoms with Crippen LogP contribution in [0.5, 0.6) is 0 Å². The number of Topliss-reactive ketones (excluding diaryl/α,β-unsaturated/α-hetero) is 1. The van der Waals surface area contributed by atoms with Crippen LogP contribution in [0.25, 0.3) is 0 Å². The van der Waals surface area contributed by atoms with Gasteiger partial charge >= 0.3 is 0 Å². The number of ketones is 1. The fourth-order valence-electron chi connectivity index (χ4n) is 5.96. The Labute approximate surface area is 117 Å². The van der Waals surface area contributed by atoms with Crippen molar-refractivity contribution in [2.24, 2.45) is 28.6 Å². The quantitative estimate of drug-likeness (QED) is 0.754. The zero-order valence-electron chi connectivity index (χ0n) is 12.7. The Balaban J connectivity index is 1.78. The highest BCUT2D eigenvalue weighted by Gasteiger charge is 2.58. The first-order valence-electron chi connectivity index (χ1n) is 8.00. The molecule has 2 heteroatoms. The van der Waals surface area contributed by atoms with Crippen LogP contribution >= 0.6 is 0 Å². The molecule has 0 aromatic rings. The third-order valence-electron chi connectivity index (χ3n) is 6.08. The van der Waals surface area contributed by atoms with E-state index in [1.807, 2.05) is 0 Å². The van der Waals surface area contributed by atoms with Crippen molar-refractivity contribution in [3.05, 3.63) is 0 Å². The Kier molecular flexibility index (Phi) is 3.28. The van der Waals surface area contributed by atoms with Gasteiger partial charge in [0, 0.05) is 25.0 Å². The van der Waals surface area contributed by atoms with Crippen LogP contribution in [-0.4, -0.2) is 19.5 Å². The number of carbonyl (C=O) groups is 1. The predicted molar refractivity (Wildman–Crippen MR) is 75.9 cm³/mol. The molecule has 0 aliphatic heterocycles. The molecule has 4 rings (SSSR count). The van der Waals surface area contributed by atoms with Gasteiger partial charge in [0.25, 0.3) is 0 Å². The second kappa shape index (κ2) is 4.58. The molecule has 4 fully saturated rings. The number of carbonyl (C=O) groups excluding carboxylic acids is 1. The molecule has 0 aromatic heterocycles. The Morgan fingerprint density at radius 2 is 1.89 bits per heavy atom. The maximum Gasteiger partial charge on any atom is 0.141 e. The molecular weight excluding hydrogens is 236 g/mol. The van der Waals surface area contributed by atoms with Crippen LogP contribution in [0.15, 0.2) is 0 Å². The summed E-state index contributed by atoms with van der Waals surface area (Å²) in [5, 5.41) is 0. The van der Waals surface area contributed by atoms with Crippen molar-refractivity contribution < 1.29 is 9.53 Å². The van der Waals surface area contributed by atoms with Gasteiger partial charge in [0.1, 0.15) is 5.78 Å². The van der Waals surface area contributed by atoms with Gasteiger partial charge in [-0.2, -0.15) is 0 Å². The normalized spacial score (nSPS) is 45.4. The first-order chi connectivity index (χ1) is 8.96. The van der Waals surface area contributed by atoms with Crippen LogP contribution in [-0.2, 0) is 9.53 Å². The Hall–Kier alpha value is -0.370. The van der Waals surface area contributed by atoms with Gasteiger partial charge < -0.3 is 4.74 Å². The summed E-state index contributed by atoms with van der Waals surface area (Å²) in [6.45, 7) is 5.27. The van der Waals surface area contributed by atoms with E-state index in [1.165, 1.54) is 38.5 Å². The van der Waals surface area contributed by atoms with Gasteiger partial charge in [0.2, 0.25) is 0 Å². The van der Waals surface area contributed by atoms with Gasteiger partial charge in [-0.1, -0.05) is 13.8 Å². The van der Waals surface area contributed by atoms with E-state index < -0.39 is 0 Å². The molecule has 0 N–H and O–H groups in total. The molecule has 4 saturated carbocycles. The van der Waals surface area contributed by atoms with Crippen LogP contribution in [0.2, 0.25) is 0 Å². The lowest BCUT2D eigenvalue weighted by atomic mass is 9.43. The van der Waals surface area contributed by atoms with E-state index in [0.717, 1.165) is 18.3 Å². The van der Waals surface area contributed by atoms with E-state index in [4.69, 9.17) is 4.74 Å². The van der Waals surface area contributed by atoms with E-state index in [0.29, 0.717) is 17.8 Å². The van der Waals surface area contributed by atoms with E-state index in [-0.39, 0.29) is 11.3 Å². The third kappa shape index (κ3) is 2.26. The maximum atomic E-state index is 13.0. The number of methoxy groups -OCH3 is 1. The Bertz CT molecular complexity index is 359. The fourth-order valence-corrected chi connectivity index (χ4v) is 5.96. The Morgan fingerprint density at radius 3 is 2.42 bits per heavy atom. The lowest BCUT2D eigenvalue weighted by Gasteiger charge is -2.61. The lowest BCUT2D eigenvalue weighted by Crippen LogP contribution is -2.55. The topological polar surface area (TPSA) is 26.3 Å². The smallest absolute Gasteiger partial charge is 0.141 e. The summed E-state index contributed by atoms with van der Waals surface area (Å²) in [7, 11) is 1.73. The van der Waals surface area contributed by atoms with Crippen molar-refractivity contribution in [2.75, 3.05) is 13.7 Å². The second-order valence-corrected chi connectivity index (χ2v) is 8.10. The summed E-state index contributed by atoms with van der Waals surface area (Å²) < 4.78 is 5.15. The van der Waals surface area contributed by atoms with E-state index in [9.17, 15) is 4.79 Å². The summed E-state index contributed by atoms with van der Waals surface area (Å²) in [4.78, 5) is 13.0.